The molecule has 0 aromatic heterocycles. The van der Waals surface area contributed by atoms with Crippen molar-refractivity contribution in [3.05, 3.63) is 23.3 Å². The molecule has 3 aliphatic rings. The van der Waals surface area contributed by atoms with Gasteiger partial charge in [-0.3, -0.25) is 0 Å². The summed E-state index contributed by atoms with van der Waals surface area (Å²) in [5.41, 5.74) is 1.85. The third-order valence-electron chi connectivity index (χ3n) is 8.62. The predicted octanol–water partition coefficient (Wildman–Crippen LogP) is 6.40. The molecule has 202 valence electrons. The lowest BCUT2D eigenvalue weighted by Crippen LogP contribution is -2.36. The average Bonchev–Trinajstić information content (AvgIpc) is 3.70. The van der Waals surface area contributed by atoms with Crippen molar-refractivity contribution in [1.82, 2.24) is 0 Å². The minimum atomic E-state index is -1.05. The van der Waals surface area contributed by atoms with Crippen LogP contribution in [0.4, 0.5) is 0 Å². The van der Waals surface area contributed by atoms with E-state index in [2.05, 4.69) is 53.7 Å². The van der Waals surface area contributed by atoms with Crippen LogP contribution in [0.15, 0.2) is 23.3 Å². The van der Waals surface area contributed by atoms with Crippen LogP contribution in [0.1, 0.15) is 120 Å². The van der Waals surface area contributed by atoms with Gasteiger partial charge in [-0.25, -0.2) is 0 Å². The highest BCUT2D eigenvalue weighted by Crippen LogP contribution is 2.47. The first-order valence-electron chi connectivity index (χ1n) is 13.9. The van der Waals surface area contributed by atoms with E-state index in [1.165, 1.54) is 11.1 Å². The fraction of sp³-hybridized carbons (Fsp3) is 0.867. The topological polar surface area (TPSA) is 78.0 Å². The number of ether oxygens (including phenoxy) is 3. The SMILES string of the molecule is C/C(=C\CC/C=C(\C)CC[C@@H]1O[C@@]1(C)CC[C@H]1OC1(C)C)CC[C@@H]1O[C@@]1(C)CC[C@@H](O)C(C)(C)O. The largest absolute Gasteiger partial charge is 0.390 e. The number of allylic oxidation sites excluding steroid dienone is 4. The summed E-state index contributed by atoms with van der Waals surface area (Å²) < 4.78 is 17.7. The number of hydrogen-bond donors (Lipinski definition) is 2. The summed E-state index contributed by atoms with van der Waals surface area (Å²) >= 11 is 0. The highest BCUT2D eigenvalue weighted by molar-refractivity contribution is 5.08. The number of unbranched alkanes of at least 4 members (excludes halogenated alkanes) is 1. The predicted molar refractivity (Wildman–Crippen MR) is 141 cm³/mol. The third kappa shape index (κ3) is 8.67. The Balaban J connectivity index is 1.24. The second-order valence-corrected chi connectivity index (χ2v) is 13.1. The minimum absolute atomic E-state index is 0.0682. The first-order valence-corrected chi connectivity index (χ1v) is 13.9. The molecule has 3 rings (SSSR count). The molecule has 5 heteroatoms. The second kappa shape index (κ2) is 10.9. The lowest BCUT2D eigenvalue weighted by Gasteiger charge is -2.25. The highest BCUT2D eigenvalue weighted by atomic mass is 16.6. The molecule has 0 bridgehead atoms. The molecule has 0 aromatic rings. The molecule has 6 atom stereocenters. The van der Waals surface area contributed by atoms with Gasteiger partial charge in [0.2, 0.25) is 0 Å². The Morgan fingerprint density at radius 1 is 0.800 bits per heavy atom. The lowest BCUT2D eigenvalue weighted by atomic mass is 9.91. The molecule has 0 spiro atoms. The molecule has 0 unspecified atom stereocenters. The van der Waals surface area contributed by atoms with Crippen molar-refractivity contribution < 1.29 is 24.4 Å². The van der Waals surface area contributed by atoms with Gasteiger partial charge in [-0.1, -0.05) is 23.3 Å². The van der Waals surface area contributed by atoms with Gasteiger partial charge in [0.1, 0.15) is 0 Å². The Labute approximate surface area is 214 Å². The molecule has 3 heterocycles. The van der Waals surface area contributed by atoms with E-state index in [1.54, 1.807) is 13.8 Å². The van der Waals surface area contributed by atoms with Crippen molar-refractivity contribution >= 4 is 0 Å². The van der Waals surface area contributed by atoms with Crippen molar-refractivity contribution in [2.24, 2.45) is 0 Å². The van der Waals surface area contributed by atoms with Crippen LogP contribution in [0.2, 0.25) is 0 Å². The summed E-state index contributed by atoms with van der Waals surface area (Å²) in [4.78, 5) is 0. The van der Waals surface area contributed by atoms with E-state index in [0.29, 0.717) is 18.6 Å². The summed E-state index contributed by atoms with van der Waals surface area (Å²) in [5.74, 6) is 0. The van der Waals surface area contributed by atoms with E-state index >= 15 is 0 Å². The van der Waals surface area contributed by atoms with Crippen LogP contribution in [-0.4, -0.2) is 57.0 Å². The zero-order valence-electron chi connectivity index (χ0n) is 23.7. The van der Waals surface area contributed by atoms with Gasteiger partial charge in [-0.15, -0.1) is 0 Å². The van der Waals surface area contributed by atoms with E-state index in [9.17, 15) is 10.2 Å². The Kier molecular flexibility index (Phi) is 9.02. The van der Waals surface area contributed by atoms with Gasteiger partial charge >= 0.3 is 0 Å². The summed E-state index contributed by atoms with van der Waals surface area (Å²) in [7, 11) is 0. The van der Waals surface area contributed by atoms with E-state index < -0.39 is 11.7 Å². The molecule has 0 aromatic carbocycles. The van der Waals surface area contributed by atoms with E-state index in [-0.39, 0.29) is 22.9 Å². The summed E-state index contributed by atoms with van der Waals surface area (Å²) in [5, 5.41) is 20.0. The molecule has 5 nitrogen and oxygen atoms in total. The molecule has 0 amide bonds. The maximum Gasteiger partial charge on any atom is 0.0921 e. The van der Waals surface area contributed by atoms with Crippen LogP contribution in [0, 0.1) is 0 Å². The first kappa shape index (κ1) is 28.8. The van der Waals surface area contributed by atoms with Crippen LogP contribution in [0.5, 0.6) is 0 Å². The number of epoxide rings is 3. The molecule has 3 fully saturated rings. The molecule has 0 aliphatic carbocycles. The smallest absolute Gasteiger partial charge is 0.0921 e. The van der Waals surface area contributed by atoms with Crippen molar-refractivity contribution in [3.8, 4) is 0 Å². The molecule has 3 aliphatic heterocycles. The Hall–Kier alpha value is -0.720. The van der Waals surface area contributed by atoms with Gasteiger partial charge < -0.3 is 24.4 Å². The lowest BCUT2D eigenvalue weighted by molar-refractivity contribution is -0.0539. The van der Waals surface area contributed by atoms with Gasteiger partial charge in [-0.05, 0) is 120 Å². The van der Waals surface area contributed by atoms with Crippen molar-refractivity contribution in [2.45, 2.75) is 166 Å². The van der Waals surface area contributed by atoms with Crippen molar-refractivity contribution in [1.29, 1.82) is 0 Å². The Bertz CT molecular complexity index is 778. The summed E-state index contributed by atoms with van der Waals surface area (Å²) in [6.07, 6.45) is 15.2. The number of aliphatic hydroxyl groups is 2. The van der Waals surface area contributed by atoms with Crippen LogP contribution in [-0.2, 0) is 14.2 Å². The maximum atomic E-state index is 10.1. The Morgan fingerprint density at radius 3 is 1.69 bits per heavy atom. The fourth-order valence-electron chi connectivity index (χ4n) is 5.26. The number of hydrogen-bond acceptors (Lipinski definition) is 5. The van der Waals surface area contributed by atoms with Gasteiger partial charge in [0.05, 0.1) is 46.8 Å². The fourth-order valence-corrected chi connectivity index (χ4v) is 5.26. The maximum absolute atomic E-state index is 10.1. The average molecular weight is 493 g/mol. The second-order valence-electron chi connectivity index (χ2n) is 13.1. The number of aliphatic hydroxyl groups excluding tert-OH is 1. The molecular weight excluding hydrogens is 440 g/mol. The molecular formula is C30H52O5. The van der Waals surface area contributed by atoms with Crippen molar-refractivity contribution in [3.63, 3.8) is 0 Å². The van der Waals surface area contributed by atoms with E-state index in [1.807, 2.05) is 0 Å². The highest BCUT2D eigenvalue weighted by Gasteiger charge is 2.54. The van der Waals surface area contributed by atoms with Crippen LogP contribution < -0.4 is 0 Å². The van der Waals surface area contributed by atoms with E-state index in [4.69, 9.17) is 14.2 Å². The van der Waals surface area contributed by atoms with Gasteiger partial charge in [0.25, 0.3) is 0 Å². The quantitative estimate of drug-likeness (QED) is 0.148. The zero-order valence-corrected chi connectivity index (χ0v) is 23.7. The molecule has 3 saturated heterocycles. The first-order chi connectivity index (χ1) is 16.1. The summed E-state index contributed by atoms with van der Waals surface area (Å²) in [6, 6.07) is 0. The van der Waals surface area contributed by atoms with Crippen LogP contribution >= 0.6 is 0 Å². The van der Waals surface area contributed by atoms with Crippen molar-refractivity contribution in [2.75, 3.05) is 0 Å². The summed E-state index contributed by atoms with van der Waals surface area (Å²) in [6.45, 7) is 16.5. The third-order valence-corrected chi connectivity index (χ3v) is 8.62. The van der Waals surface area contributed by atoms with Gasteiger partial charge in [0.15, 0.2) is 0 Å². The molecule has 35 heavy (non-hydrogen) atoms. The van der Waals surface area contributed by atoms with Gasteiger partial charge in [-0.2, -0.15) is 0 Å². The van der Waals surface area contributed by atoms with E-state index in [0.717, 1.165) is 57.8 Å². The molecule has 0 radical (unpaired) electrons. The molecule has 2 N–H and O–H groups in total. The van der Waals surface area contributed by atoms with Crippen LogP contribution in [0.3, 0.4) is 0 Å². The van der Waals surface area contributed by atoms with Crippen LogP contribution in [0.25, 0.3) is 0 Å². The monoisotopic (exact) mass is 492 g/mol. The molecule has 0 saturated carbocycles. The standard InChI is InChI=1S/C30H52O5/c1-21(13-15-25-29(7,34-25)19-17-23(31)27(3,4)32)11-9-10-12-22(2)14-16-26-30(8,35-26)20-18-24-28(5,6)33-24/h11-12,23-26,31-32H,9-10,13-20H2,1-8H3/b21-11+,22-12+/t23-,24-,25+,26+,29+,30+/m1/s1. The Morgan fingerprint density at radius 2 is 1.26 bits per heavy atom. The number of rotatable bonds is 16. The van der Waals surface area contributed by atoms with Gasteiger partial charge in [0, 0.05) is 0 Å². The zero-order chi connectivity index (χ0) is 26.1. The normalized spacial score (nSPS) is 35.2. The minimum Gasteiger partial charge on any atom is -0.390 e.